The number of non-ortho nitro benzene ring substituents is 1. The fourth-order valence-electron chi connectivity index (χ4n) is 1.31. The van der Waals surface area contributed by atoms with Gasteiger partial charge in [-0.15, -0.1) is 0 Å². The van der Waals surface area contributed by atoms with Crippen LogP contribution in [0.15, 0.2) is 36.5 Å². The first-order chi connectivity index (χ1) is 7.66. The highest BCUT2D eigenvalue weighted by Gasteiger charge is 2.07. The normalized spacial score (nSPS) is 10.0. The Hall–Kier alpha value is -2.50. The van der Waals surface area contributed by atoms with Gasteiger partial charge in [-0.25, -0.2) is 9.97 Å². The Labute approximate surface area is 90.9 Å². The lowest BCUT2D eigenvalue weighted by atomic mass is 10.1. The highest BCUT2D eigenvalue weighted by molar-refractivity contribution is 5.62. The van der Waals surface area contributed by atoms with E-state index in [0.29, 0.717) is 11.3 Å². The van der Waals surface area contributed by atoms with Crippen LogP contribution in [0.25, 0.3) is 11.3 Å². The van der Waals surface area contributed by atoms with E-state index in [1.165, 1.54) is 18.3 Å². The molecule has 0 bridgehead atoms. The number of aromatic nitrogens is 2. The quantitative estimate of drug-likeness (QED) is 0.608. The van der Waals surface area contributed by atoms with Gasteiger partial charge in [0.2, 0.25) is 5.95 Å². The van der Waals surface area contributed by atoms with Gasteiger partial charge in [-0.3, -0.25) is 10.1 Å². The Morgan fingerprint density at radius 2 is 2.12 bits per heavy atom. The fraction of sp³-hybridized carbons (Fsp3) is 0. The highest BCUT2D eigenvalue weighted by Crippen LogP contribution is 2.21. The second-order valence-electron chi connectivity index (χ2n) is 3.11. The third-order valence-electron chi connectivity index (χ3n) is 2.03. The first-order valence-electron chi connectivity index (χ1n) is 4.50. The molecule has 0 fully saturated rings. The van der Waals surface area contributed by atoms with Crippen molar-refractivity contribution in [1.82, 2.24) is 9.97 Å². The summed E-state index contributed by atoms with van der Waals surface area (Å²) in [5.74, 6) is 0.143. The van der Waals surface area contributed by atoms with Gasteiger partial charge in [0.25, 0.3) is 5.69 Å². The molecule has 16 heavy (non-hydrogen) atoms. The summed E-state index contributed by atoms with van der Waals surface area (Å²) in [5, 5.41) is 10.6. The number of rotatable bonds is 2. The molecule has 0 saturated heterocycles. The van der Waals surface area contributed by atoms with Crippen molar-refractivity contribution in [3.8, 4) is 11.3 Å². The van der Waals surface area contributed by atoms with Crippen molar-refractivity contribution in [1.29, 1.82) is 0 Å². The Kier molecular flexibility index (Phi) is 2.47. The number of nitrogens with zero attached hydrogens (tertiary/aromatic N) is 3. The highest BCUT2D eigenvalue weighted by atomic mass is 16.6. The van der Waals surface area contributed by atoms with Crippen LogP contribution in [0, 0.1) is 10.1 Å². The predicted octanol–water partition coefficient (Wildman–Crippen LogP) is 1.63. The third kappa shape index (κ3) is 1.95. The lowest BCUT2D eigenvalue weighted by molar-refractivity contribution is -0.384. The van der Waals surface area contributed by atoms with Crippen LogP contribution in [0.1, 0.15) is 0 Å². The topological polar surface area (TPSA) is 94.9 Å². The maximum atomic E-state index is 10.6. The smallest absolute Gasteiger partial charge is 0.270 e. The van der Waals surface area contributed by atoms with Gasteiger partial charge in [-0.1, -0.05) is 12.1 Å². The molecular formula is C10H8N4O2. The summed E-state index contributed by atoms with van der Waals surface area (Å²) < 4.78 is 0. The lowest BCUT2D eigenvalue weighted by Crippen LogP contribution is -1.95. The van der Waals surface area contributed by atoms with Crippen LogP contribution in [0.4, 0.5) is 11.6 Å². The summed E-state index contributed by atoms with van der Waals surface area (Å²) in [5.41, 5.74) is 6.67. The molecule has 0 radical (unpaired) electrons. The molecular weight excluding hydrogens is 208 g/mol. The van der Waals surface area contributed by atoms with Crippen molar-refractivity contribution in [2.45, 2.75) is 0 Å². The molecule has 6 nitrogen and oxygen atoms in total. The number of nitrogens with two attached hydrogens (primary N) is 1. The van der Waals surface area contributed by atoms with E-state index in [1.807, 2.05) is 0 Å². The number of anilines is 1. The van der Waals surface area contributed by atoms with Gasteiger partial charge in [0, 0.05) is 23.9 Å². The van der Waals surface area contributed by atoms with Gasteiger partial charge in [0.05, 0.1) is 10.6 Å². The van der Waals surface area contributed by atoms with Crippen LogP contribution in [0.2, 0.25) is 0 Å². The van der Waals surface area contributed by atoms with E-state index in [1.54, 1.807) is 18.2 Å². The van der Waals surface area contributed by atoms with Gasteiger partial charge in [0.1, 0.15) is 0 Å². The zero-order valence-corrected chi connectivity index (χ0v) is 8.20. The van der Waals surface area contributed by atoms with Crippen molar-refractivity contribution >= 4 is 11.6 Å². The van der Waals surface area contributed by atoms with Crippen LogP contribution >= 0.6 is 0 Å². The number of nitro groups is 1. The first kappa shape index (κ1) is 10.0. The molecule has 0 amide bonds. The minimum atomic E-state index is -0.450. The lowest BCUT2D eigenvalue weighted by Gasteiger charge is -2.00. The van der Waals surface area contributed by atoms with E-state index in [9.17, 15) is 10.1 Å². The summed E-state index contributed by atoms with van der Waals surface area (Å²) in [6.07, 6.45) is 1.51. The molecule has 0 spiro atoms. The van der Waals surface area contributed by atoms with Gasteiger partial charge in [-0.2, -0.15) is 0 Å². The maximum Gasteiger partial charge on any atom is 0.270 e. The molecule has 6 heteroatoms. The Morgan fingerprint density at radius 3 is 2.81 bits per heavy atom. The summed E-state index contributed by atoms with van der Waals surface area (Å²) >= 11 is 0. The average Bonchev–Trinajstić information content (AvgIpc) is 2.29. The summed E-state index contributed by atoms with van der Waals surface area (Å²) in [4.78, 5) is 17.9. The third-order valence-corrected chi connectivity index (χ3v) is 2.03. The van der Waals surface area contributed by atoms with E-state index in [-0.39, 0.29) is 11.6 Å². The first-order valence-corrected chi connectivity index (χ1v) is 4.50. The van der Waals surface area contributed by atoms with Crippen LogP contribution in [-0.2, 0) is 0 Å². The number of benzene rings is 1. The monoisotopic (exact) mass is 216 g/mol. The molecule has 2 aromatic rings. The van der Waals surface area contributed by atoms with Gasteiger partial charge in [-0.05, 0) is 6.07 Å². The molecule has 0 aliphatic rings. The summed E-state index contributed by atoms with van der Waals surface area (Å²) in [7, 11) is 0. The summed E-state index contributed by atoms with van der Waals surface area (Å²) in [6.45, 7) is 0. The molecule has 1 aromatic carbocycles. The maximum absolute atomic E-state index is 10.6. The van der Waals surface area contributed by atoms with Crippen molar-refractivity contribution in [2.75, 3.05) is 5.73 Å². The van der Waals surface area contributed by atoms with E-state index < -0.39 is 4.92 Å². The molecule has 80 valence electrons. The number of hydrogen-bond donors (Lipinski definition) is 1. The van der Waals surface area contributed by atoms with Crippen molar-refractivity contribution in [3.63, 3.8) is 0 Å². The standard InChI is InChI=1S/C10H8N4O2/c11-10-12-5-4-9(13-10)7-2-1-3-8(6-7)14(15)16/h1-6H,(H2,11,12,13). The van der Waals surface area contributed by atoms with Crippen LogP contribution in [0.5, 0.6) is 0 Å². The molecule has 0 saturated carbocycles. The van der Waals surface area contributed by atoms with Crippen molar-refractivity contribution < 1.29 is 4.92 Å². The van der Waals surface area contributed by atoms with E-state index in [0.717, 1.165) is 0 Å². The molecule has 2 N–H and O–H groups in total. The molecule has 1 heterocycles. The molecule has 0 aliphatic heterocycles. The average molecular weight is 216 g/mol. The fourth-order valence-corrected chi connectivity index (χ4v) is 1.31. The molecule has 0 aliphatic carbocycles. The van der Waals surface area contributed by atoms with Crippen molar-refractivity contribution in [2.24, 2.45) is 0 Å². The Balaban J connectivity index is 2.48. The number of nitro benzene ring substituents is 1. The second kappa shape index (κ2) is 3.93. The van der Waals surface area contributed by atoms with E-state index >= 15 is 0 Å². The largest absolute Gasteiger partial charge is 0.368 e. The molecule has 0 atom stereocenters. The summed E-state index contributed by atoms with van der Waals surface area (Å²) in [6, 6.07) is 7.85. The minimum absolute atomic E-state index is 0.0229. The van der Waals surface area contributed by atoms with Gasteiger partial charge in [0.15, 0.2) is 0 Å². The van der Waals surface area contributed by atoms with Crippen LogP contribution < -0.4 is 5.73 Å². The van der Waals surface area contributed by atoms with E-state index in [4.69, 9.17) is 5.73 Å². The number of nitrogen functional groups attached to an aromatic ring is 1. The zero-order chi connectivity index (χ0) is 11.5. The zero-order valence-electron chi connectivity index (χ0n) is 8.20. The minimum Gasteiger partial charge on any atom is -0.368 e. The Morgan fingerprint density at radius 1 is 1.31 bits per heavy atom. The van der Waals surface area contributed by atoms with Crippen LogP contribution in [0.3, 0.4) is 0 Å². The van der Waals surface area contributed by atoms with E-state index in [2.05, 4.69) is 9.97 Å². The van der Waals surface area contributed by atoms with Crippen molar-refractivity contribution in [3.05, 3.63) is 46.6 Å². The Bertz CT molecular complexity index is 542. The second-order valence-corrected chi connectivity index (χ2v) is 3.11. The van der Waals surface area contributed by atoms with Crippen LogP contribution in [-0.4, -0.2) is 14.9 Å². The predicted molar refractivity (Wildman–Crippen MR) is 58.5 cm³/mol. The molecule has 1 aromatic heterocycles. The number of hydrogen-bond acceptors (Lipinski definition) is 5. The molecule has 2 rings (SSSR count). The SMILES string of the molecule is Nc1nccc(-c2cccc([N+](=O)[O-])c2)n1. The van der Waals surface area contributed by atoms with Gasteiger partial charge < -0.3 is 5.73 Å². The molecule has 0 unspecified atom stereocenters. The van der Waals surface area contributed by atoms with Gasteiger partial charge >= 0.3 is 0 Å².